The first-order valence-corrected chi connectivity index (χ1v) is 6.95. The average Bonchev–Trinajstić information content (AvgIpc) is 3.11. The van der Waals surface area contributed by atoms with Crippen molar-refractivity contribution in [3.63, 3.8) is 0 Å². The fourth-order valence-electron chi connectivity index (χ4n) is 2.08. The maximum Gasteiger partial charge on any atom is 0.231 e. The molecular formula is C14H16N6O. The number of nitrogens with zero attached hydrogens (tertiary/aromatic N) is 6. The van der Waals surface area contributed by atoms with E-state index in [1.54, 1.807) is 4.68 Å². The van der Waals surface area contributed by atoms with Crippen molar-refractivity contribution in [1.82, 2.24) is 30.3 Å². The molecule has 108 valence electrons. The molecule has 3 rings (SSSR count). The van der Waals surface area contributed by atoms with Crippen LogP contribution in [-0.2, 0) is 19.4 Å². The highest BCUT2D eigenvalue weighted by Gasteiger charge is 2.11. The van der Waals surface area contributed by atoms with Gasteiger partial charge in [0.05, 0.1) is 6.42 Å². The Labute approximate surface area is 122 Å². The zero-order chi connectivity index (χ0) is 14.5. The normalized spacial score (nSPS) is 10.9. The van der Waals surface area contributed by atoms with E-state index >= 15 is 0 Å². The van der Waals surface area contributed by atoms with Gasteiger partial charge in [-0.3, -0.25) is 0 Å². The predicted octanol–water partition coefficient (Wildman–Crippen LogP) is 1.65. The number of hydrogen-bond donors (Lipinski definition) is 0. The molecule has 0 bridgehead atoms. The Hall–Kier alpha value is -2.57. The van der Waals surface area contributed by atoms with Crippen molar-refractivity contribution in [2.24, 2.45) is 0 Å². The van der Waals surface area contributed by atoms with Gasteiger partial charge in [0, 0.05) is 6.42 Å². The summed E-state index contributed by atoms with van der Waals surface area (Å²) in [5.74, 6) is 2.03. The van der Waals surface area contributed by atoms with Crippen LogP contribution in [0.3, 0.4) is 0 Å². The third kappa shape index (κ3) is 3.31. The van der Waals surface area contributed by atoms with Gasteiger partial charge >= 0.3 is 0 Å². The van der Waals surface area contributed by atoms with Gasteiger partial charge in [-0.25, -0.2) is 4.68 Å². The molecule has 0 aliphatic carbocycles. The lowest BCUT2D eigenvalue weighted by Crippen LogP contribution is -2.08. The Bertz CT molecular complexity index is 690. The van der Waals surface area contributed by atoms with Gasteiger partial charge in [-0.1, -0.05) is 42.4 Å². The van der Waals surface area contributed by atoms with E-state index in [0.29, 0.717) is 24.7 Å². The molecule has 0 fully saturated rings. The van der Waals surface area contributed by atoms with Gasteiger partial charge in [0.1, 0.15) is 6.54 Å². The summed E-state index contributed by atoms with van der Waals surface area (Å²) in [6.45, 7) is 2.52. The van der Waals surface area contributed by atoms with Gasteiger partial charge < -0.3 is 4.52 Å². The van der Waals surface area contributed by atoms with E-state index in [2.05, 4.69) is 32.6 Å². The molecule has 1 aromatic carbocycles. The van der Waals surface area contributed by atoms with Crippen molar-refractivity contribution in [2.45, 2.75) is 32.7 Å². The molecule has 0 saturated heterocycles. The molecule has 0 saturated carbocycles. The largest absolute Gasteiger partial charge is 0.339 e. The Morgan fingerprint density at radius 3 is 2.86 bits per heavy atom. The second kappa shape index (κ2) is 6.25. The molecule has 7 heteroatoms. The first-order chi connectivity index (χ1) is 10.3. The molecule has 7 nitrogen and oxygen atoms in total. The molecule has 0 aliphatic heterocycles. The number of aryl methyl sites for hydroxylation is 1. The number of rotatable bonds is 6. The molecule has 0 radical (unpaired) electrons. The van der Waals surface area contributed by atoms with Crippen molar-refractivity contribution in [3.05, 3.63) is 53.4 Å². The molecule has 3 aromatic rings. The van der Waals surface area contributed by atoms with Gasteiger partial charge in [0.25, 0.3) is 0 Å². The highest BCUT2D eigenvalue weighted by Crippen LogP contribution is 2.08. The van der Waals surface area contributed by atoms with E-state index in [1.165, 1.54) is 0 Å². The summed E-state index contributed by atoms with van der Waals surface area (Å²) in [4.78, 5) is 4.39. The van der Waals surface area contributed by atoms with Crippen molar-refractivity contribution >= 4 is 0 Å². The summed E-state index contributed by atoms with van der Waals surface area (Å²) in [5, 5.41) is 15.6. The fraction of sp³-hybridized carbons (Fsp3) is 0.357. The Morgan fingerprint density at radius 2 is 2.05 bits per heavy atom. The molecule has 21 heavy (non-hydrogen) atoms. The van der Waals surface area contributed by atoms with E-state index in [9.17, 15) is 0 Å². The zero-order valence-corrected chi connectivity index (χ0v) is 11.8. The van der Waals surface area contributed by atoms with Crippen molar-refractivity contribution in [1.29, 1.82) is 0 Å². The summed E-state index contributed by atoms with van der Waals surface area (Å²) in [5.41, 5.74) is 1.14. The molecule has 0 spiro atoms. The number of aromatic nitrogens is 6. The van der Waals surface area contributed by atoms with Crippen LogP contribution in [0.15, 0.2) is 34.9 Å². The van der Waals surface area contributed by atoms with Crippen LogP contribution in [0, 0.1) is 0 Å². The second-order valence-corrected chi connectivity index (χ2v) is 4.77. The highest BCUT2D eigenvalue weighted by molar-refractivity contribution is 5.17. The van der Waals surface area contributed by atoms with Crippen LogP contribution in [0.4, 0.5) is 0 Å². The second-order valence-electron chi connectivity index (χ2n) is 4.77. The van der Waals surface area contributed by atoms with Crippen molar-refractivity contribution in [2.75, 3.05) is 0 Å². The van der Waals surface area contributed by atoms with Crippen molar-refractivity contribution in [3.8, 4) is 0 Å². The summed E-state index contributed by atoms with van der Waals surface area (Å²) in [7, 11) is 0. The minimum atomic E-state index is 0.431. The third-order valence-electron chi connectivity index (χ3n) is 3.08. The molecule has 0 N–H and O–H groups in total. The summed E-state index contributed by atoms with van der Waals surface area (Å²) in [6.07, 6.45) is 2.46. The van der Waals surface area contributed by atoms with Crippen molar-refractivity contribution < 1.29 is 4.52 Å². The van der Waals surface area contributed by atoms with Crippen LogP contribution in [0.25, 0.3) is 0 Å². The molecule has 0 atom stereocenters. The number of benzene rings is 1. The number of tetrazole rings is 1. The van der Waals surface area contributed by atoms with E-state index in [1.807, 2.05) is 30.3 Å². The first kappa shape index (κ1) is 13.4. The molecule has 0 aliphatic rings. The van der Waals surface area contributed by atoms with Gasteiger partial charge in [0.2, 0.25) is 5.89 Å². The lowest BCUT2D eigenvalue weighted by Gasteiger charge is -1.98. The highest BCUT2D eigenvalue weighted by atomic mass is 16.5. The van der Waals surface area contributed by atoms with Gasteiger partial charge in [0.15, 0.2) is 11.6 Å². The van der Waals surface area contributed by atoms with Crippen LogP contribution in [-0.4, -0.2) is 30.3 Å². The lowest BCUT2D eigenvalue weighted by atomic mass is 10.1. The van der Waals surface area contributed by atoms with Crippen LogP contribution in [0.1, 0.15) is 36.4 Å². The number of hydrogen-bond acceptors (Lipinski definition) is 6. The van der Waals surface area contributed by atoms with E-state index in [0.717, 1.165) is 24.2 Å². The summed E-state index contributed by atoms with van der Waals surface area (Å²) >= 11 is 0. The molecular weight excluding hydrogens is 268 g/mol. The Balaban J connectivity index is 1.69. The topological polar surface area (TPSA) is 82.5 Å². The SMILES string of the molecule is CCCc1nnnn1Cc1noc(Cc2ccccc2)n1. The van der Waals surface area contributed by atoms with Gasteiger partial charge in [-0.15, -0.1) is 5.10 Å². The summed E-state index contributed by atoms with van der Waals surface area (Å²) < 4.78 is 6.98. The average molecular weight is 284 g/mol. The Morgan fingerprint density at radius 1 is 1.19 bits per heavy atom. The maximum absolute atomic E-state index is 5.27. The van der Waals surface area contributed by atoms with Gasteiger partial charge in [-0.05, 0) is 22.4 Å². The third-order valence-corrected chi connectivity index (χ3v) is 3.08. The molecule has 0 amide bonds. The monoisotopic (exact) mass is 284 g/mol. The van der Waals surface area contributed by atoms with Crippen LogP contribution in [0.5, 0.6) is 0 Å². The quantitative estimate of drug-likeness (QED) is 0.684. The predicted molar refractivity (Wildman–Crippen MR) is 74.5 cm³/mol. The molecule has 0 unspecified atom stereocenters. The van der Waals surface area contributed by atoms with Gasteiger partial charge in [-0.2, -0.15) is 4.98 Å². The standard InChI is InChI=1S/C14H16N6O/c1-2-6-13-16-18-19-20(13)10-12-15-14(21-17-12)9-11-7-4-3-5-8-11/h3-5,7-8H,2,6,9-10H2,1H3. The lowest BCUT2D eigenvalue weighted by molar-refractivity contribution is 0.377. The zero-order valence-electron chi connectivity index (χ0n) is 11.8. The van der Waals surface area contributed by atoms with Crippen LogP contribution < -0.4 is 0 Å². The van der Waals surface area contributed by atoms with Crippen LogP contribution in [0.2, 0.25) is 0 Å². The first-order valence-electron chi connectivity index (χ1n) is 6.95. The minimum absolute atomic E-state index is 0.431. The van der Waals surface area contributed by atoms with Crippen LogP contribution >= 0.6 is 0 Å². The van der Waals surface area contributed by atoms with E-state index < -0.39 is 0 Å². The Kier molecular flexibility index (Phi) is 3.99. The molecule has 2 aromatic heterocycles. The maximum atomic E-state index is 5.27. The minimum Gasteiger partial charge on any atom is -0.339 e. The fourth-order valence-corrected chi connectivity index (χ4v) is 2.08. The van der Waals surface area contributed by atoms with E-state index in [4.69, 9.17) is 4.52 Å². The molecule has 2 heterocycles. The smallest absolute Gasteiger partial charge is 0.231 e. The van der Waals surface area contributed by atoms with E-state index in [-0.39, 0.29) is 0 Å². The summed E-state index contributed by atoms with van der Waals surface area (Å²) in [6, 6.07) is 10.0.